The summed E-state index contributed by atoms with van der Waals surface area (Å²) in [6.07, 6.45) is 1.40. The summed E-state index contributed by atoms with van der Waals surface area (Å²) in [7, 11) is 0. The number of para-hydroxylation sites is 2. The second-order valence-electron chi connectivity index (χ2n) is 6.27. The molecule has 2 aliphatic rings. The van der Waals surface area contributed by atoms with Crippen LogP contribution in [0.5, 0.6) is 5.75 Å². The molecule has 0 saturated carbocycles. The molecule has 0 aliphatic carbocycles. The van der Waals surface area contributed by atoms with Crippen LogP contribution >= 0.6 is 24.8 Å². The van der Waals surface area contributed by atoms with Crippen molar-refractivity contribution in [3.8, 4) is 5.75 Å². The zero-order chi connectivity index (χ0) is 16.9. The molecule has 3 rings (SSSR count). The number of hydrogen-bond acceptors (Lipinski definition) is 5. The molecular formula is C18H29Cl2N3O3. The van der Waals surface area contributed by atoms with Crippen molar-refractivity contribution in [2.24, 2.45) is 5.73 Å². The highest BCUT2D eigenvalue weighted by Gasteiger charge is 2.34. The molecule has 1 aromatic rings. The number of benzene rings is 1. The number of nitrogens with zero attached hydrogens (tertiary/aromatic N) is 2. The monoisotopic (exact) mass is 405 g/mol. The SMILES string of the molecule is CCOc1ccccc1N1CCN(C(=O)[C@@H]2CC[C@H](CN)O2)CC1.Cl.Cl. The zero-order valence-corrected chi connectivity index (χ0v) is 16.8. The highest BCUT2D eigenvalue weighted by Crippen LogP contribution is 2.29. The van der Waals surface area contributed by atoms with Gasteiger partial charge in [-0.2, -0.15) is 0 Å². The maximum Gasteiger partial charge on any atom is 0.251 e. The molecule has 1 aromatic carbocycles. The predicted octanol–water partition coefficient (Wildman–Crippen LogP) is 2.08. The molecule has 2 N–H and O–H groups in total. The Bertz CT molecular complexity index is 568. The summed E-state index contributed by atoms with van der Waals surface area (Å²) in [6, 6.07) is 8.08. The van der Waals surface area contributed by atoms with Gasteiger partial charge in [0.2, 0.25) is 0 Å². The van der Waals surface area contributed by atoms with E-state index in [2.05, 4.69) is 11.0 Å². The van der Waals surface area contributed by atoms with Gasteiger partial charge in [-0.1, -0.05) is 12.1 Å². The second kappa shape index (κ2) is 10.8. The number of nitrogens with two attached hydrogens (primary N) is 1. The van der Waals surface area contributed by atoms with Crippen molar-refractivity contribution < 1.29 is 14.3 Å². The Labute approximate surface area is 167 Å². The Hall–Kier alpha value is -1.21. The van der Waals surface area contributed by atoms with Crippen LogP contribution in [0.25, 0.3) is 0 Å². The zero-order valence-electron chi connectivity index (χ0n) is 15.1. The number of amides is 1. The van der Waals surface area contributed by atoms with E-state index in [1.54, 1.807) is 0 Å². The molecule has 2 aliphatic heterocycles. The van der Waals surface area contributed by atoms with Gasteiger partial charge in [0.15, 0.2) is 0 Å². The molecule has 0 bridgehead atoms. The first kappa shape index (κ1) is 22.8. The van der Waals surface area contributed by atoms with Crippen LogP contribution < -0.4 is 15.4 Å². The van der Waals surface area contributed by atoms with Crippen LogP contribution in [0.4, 0.5) is 5.69 Å². The lowest BCUT2D eigenvalue weighted by atomic mass is 10.1. The number of carbonyl (C=O) groups is 1. The fourth-order valence-corrected chi connectivity index (χ4v) is 3.43. The van der Waals surface area contributed by atoms with Crippen molar-refractivity contribution in [2.45, 2.75) is 32.0 Å². The van der Waals surface area contributed by atoms with Crippen molar-refractivity contribution in [3.05, 3.63) is 24.3 Å². The van der Waals surface area contributed by atoms with Crippen LogP contribution in [0.3, 0.4) is 0 Å². The highest BCUT2D eigenvalue weighted by molar-refractivity contribution is 5.85. The van der Waals surface area contributed by atoms with Crippen LogP contribution in [-0.4, -0.2) is 62.3 Å². The largest absolute Gasteiger partial charge is 0.492 e. The van der Waals surface area contributed by atoms with Crippen molar-refractivity contribution in [2.75, 3.05) is 44.2 Å². The number of ether oxygens (including phenoxy) is 2. The number of anilines is 1. The summed E-state index contributed by atoms with van der Waals surface area (Å²) in [6.45, 7) is 6.18. The van der Waals surface area contributed by atoms with Crippen molar-refractivity contribution in [3.63, 3.8) is 0 Å². The first-order valence-electron chi connectivity index (χ1n) is 8.84. The Morgan fingerprint density at radius 2 is 1.88 bits per heavy atom. The first-order valence-corrected chi connectivity index (χ1v) is 8.84. The van der Waals surface area contributed by atoms with Gasteiger partial charge in [0.25, 0.3) is 5.91 Å². The van der Waals surface area contributed by atoms with Crippen LogP contribution in [-0.2, 0) is 9.53 Å². The first-order chi connectivity index (χ1) is 11.7. The van der Waals surface area contributed by atoms with Gasteiger partial charge in [-0.05, 0) is 31.9 Å². The normalized spacial score (nSPS) is 22.4. The van der Waals surface area contributed by atoms with E-state index < -0.39 is 0 Å². The second-order valence-corrected chi connectivity index (χ2v) is 6.27. The number of halogens is 2. The standard InChI is InChI=1S/C18H27N3O3.2ClH/c1-2-23-16-6-4-3-5-15(16)20-9-11-21(12-10-20)18(22)17-8-7-14(13-19)24-17;;/h3-6,14,17H,2,7-13,19H2,1H3;2*1H/t14-,17+;;/m1../s1. The molecule has 2 fully saturated rings. The van der Waals surface area contributed by atoms with Crippen molar-refractivity contribution in [1.29, 1.82) is 0 Å². The molecule has 2 atom stereocenters. The maximum absolute atomic E-state index is 12.6. The van der Waals surface area contributed by atoms with Gasteiger partial charge >= 0.3 is 0 Å². The van der Waals surface area contributed by atoms with Gasteiger partial charge in [0.05, 0.1) is 18.4 Å². The Kier molecular flexibility index (Phi) is 9.50. The third-order valence-corrected chi connectivity index (χ3v) is 4.74. The minimum atomic E-state index is -0.305. The molecule has 0 radical (unpaired) electrons. The fourth-order valence-electron chi connectivity index (χ4n) is 3.43. The summed E-state index contributed by atoms with van der Waals surface area (Å²) in [5.41, 5.74) is 6.73. The molecule has 2 saturated heterocycles. The molecular weight excluding hydrogens is 377 g/mol. The summed E-state index contributed by atoms with van der Waals surface area (Å²) < 4.78 is 11.5. The van der Waals surface area contributed by atoms with Crippen molar-refractivity contribution in [1.82, 2.24) is 4.90 Å². The Morgan fingerprint density at radius 3 is 2.50 bits per heavy atom. The van der Waals surface area contributed by atoms with Gasteiger partial charge in [0, 0.05) is 32.7 Å². The predicted molar refractivity (Wildman–Crippen MR) is 108 cm³/mol. The van der Waals surface area contributed by atoms with Crippen molar-refractivity contribution >= 4 is 36.4 Å². The highest BCUT2D eigenvalue weighted by atomic mass is 35.5. The smallest absolute Gasteiger partial charge is 0.251 e. The van der Waals surface area contributed by atoms with E-state index in [0.29, 0.717) is 26.2 Å². The van der Waals surface area contributed by atoms with Gasteiger partial charge in [0.1, 0.15) is 11.9 Å². The molecule has 2 heterocycles. The lowest BCUT2D eigenvalue weighted by Gasteiger charge is -2.37. The molecule has 148 valence electrons. The number of piperazine rings is 1. The van der Waals surface area contributed by atoms with E-state index in [1.807, 2.05) is 30.0 Å². The molecule has 26 heavy (non-hydrogen) atoms. The van der Waals surface area contributed by atoms with E-state index in [1.165, 1.54) is 0 Å². The third-order valence-electron chi connectivity index (χ3n) is 4.74. The van der Waals surface area contributed by atoms with E-state index in [4.69, 9.17) is 15.2 Å². The fraction of sp³-hybridized carbons (Fsp3) is 0.611. The molecule has 1 amide bonds. The van der Waals surface area contributed by atoms with Crippen LogP contribution in [0.1, 0.15) is 19.8 Å². The number of rotatable bonds is 5. The summed E-state index contributed by atoms with van der Waals surface area (Å²) in [5, 5.41) is 0. The van der Waals surface area contributed by atoms with Gasteiger partial charge in [-0.15, -0.1) is 24.8 Å². The lowest BCUT2D eigenvalue weighted by molar-refractivity contribution is -0.143. The van der Waals surface area contributed by atoms with Gasteiger partial charge in [-0.25, -0.2) is 0 Å². The van der Waals surface area contributed by atoms with E-state index in [9.17, 15) is 4.79 Å². The molecule has 0 aromatic heterocycles. The minimum Gasteiger partial charge on any atom is -0.492 e. The van der Waals surface area contributed by atoms with Crippen LogP contribution in [0, 0.1) is 0 Å². The Morgan fingerprint density at radius 1 is 1.19 bits per heavy atom. The third kappa shape index (κ3) is 5.16. The minimum absolute atomic E-state index is 0. The van der Waals surface area contributed by atoms with Gasteiger partial charge < -0.3 is 25.0 Å². The molecule has 0 unspecified atom stereocenters. The van der Waals surface area contributed by atoms with E-state index >= 15 is 0 Å². The molecule has 8 heteroatoms. The number of hydrogen-bond donors (Lipinski definition) is 1. The van der Waals surface area contributed by atoms with E-state index in [-0.39, 0.29) is 42.9 Å². The van der Waals surface area contributed by atoms with Crippen LogP contribution in [0.15, 0.2) is 24.3 Å². The average Bonchev–Trinajstić information content (AvgIpc) is 3.11. The topological polar surface area (TPSA) is 68.0 Å². The average molecular weight is 406 g/mol. The van der Waals surface area contributed by atoms with E-state index in [0.717, 1.165) is 37.4 Å². The quantitative estimate of drug-likeness (QED) is 0.811. The molecule has 0 spiro atoms. The molecule has 6 nitrogen and oxygen atoms in total. The van der Waals surface area contributed by atoms with Crippen LogP contribution in [0.2, 0.25) is 0 Å². The Balaban J connectivity index is 0.00000169. The maximum atomic E-state index is 12.6. The summed E-state index contributed by atoms with van der Waals surface area (Å²) in [4.78, 5) is 16.8. The number of carbonyl (C=O) groups excluding carboxylic acids is 1. The summed E-state index contributed by atoms with van der Waals surface area (Å²) in [5.74, 6) is 1.02. The van der Waals surface area contributed by atoms with Gasteiger partial charge in [-0.3, -0.25) is 4.79 Å². The lowest BCUT2D eigenvalue weighted by Crippen LogP contribution is -2.51. The summed E-state index contributed by atoms with van der Waals surface area (Å²) >= 11 is 0.